The highest BCUT2D eigenvalue weighted by atomic mass is 35.5. The molecule has 31 heavy (non-hydrogen) atoms. The van der Waals surface area contributed by atoms with Crippen LogP contribution in [0, 0.1) is 29.5 Å². The number of ether oxygens (including phenoxy) is 1. The van der Waals surface area contributed by atoms with Gasteiger partial charge in [0.1, 0.15) is 17.4 Å². The summed E-state index contributed by atoms with van der Waals surface area (Å²) in [5.74, 6) is 2.24. The van der Waals surface area contributed by atoms with Crippen LogP contribution in [0.3, 0.4) is 0 Å². The fourth-order valence-electron chi connectivity index (χ4n) is 5.21. The van der Waals surface area contributed by atoms with Crippen LogP contribution in [0.1, 0.15) is 26.2 Å². The van der Waals surface area contributed by atoms with E-state index in [0.717, 1.165) is 24.8 Å². The molecule has 0 radical (unpaired) electrons. The molecule has 0 saturated heterocycles. The molecule has 1 N–H and O–H groups in total. The van der Waals surface area contributed by atoms with Crippen LogP contribution in [0.15, 0.2) is 48.8 Å². The van der Waals surface area contributed by atoms with Gasteiger partial charge in [0, 0.05) is 23.7 Å². The lowest BCUT2D eigenvalue weighted by atomic mass is 9.93. The Balaban J connectivity index is 1.22. The topological polar surface area (TPSA) is 64.1 Å². The Morgan fingerprint density at radius 1 is 1.23 bits per heavy atom. The molecule has 3 unspecified atom stereocenters. The maximum Gasteiger partial charge on any atom is 0.228 e. The van der Waals surface area contributed by atoms with E-state index in [-0.39, 0.29) is 23.7 Å². The quantitative estimate of drug-likeness (QED) is 0.551. The molecule has 7 heteroatoms. The van der Waals surface area contributed by atoms with Gasteiger partial charge in [-0.1, -0.05) is 18.5 Å². The lowest BCUT2D eigenvalue weighted by Crippen LogP contribution is -2.27. The molecule has 1 amide bonds. The highest BCUT2D eigenvalue weighted by Crippen LogP contribution is 2.62. The lowest BCUT2D eigenvalue weighted by molar-refractivity contribution is -0.121. The molecular weight excluding hydrogens is 417 g/mol. The zero-order valence-electron chi connectivity index (χ0n) is 17.1. The number of amides is 1. The first-order valence-corrected chi connectivity index (χ1v) is 11.0. The van der Waals surface area contributed by atoms with Crippen molar-refractivity contribution in [1.82, 2.24) is 9.97 Å². The van der Waals surface area contributed by atoms with Gasteiger partial charge in [-0.2, -0.15) is 0 Å². The number of hydrogen-bond acceptors (Lipinski definition) is 4. The molecule has 5 atom stereocenters. The molecule has 2 aliphatic carbocycles. The second-order valence-corrected chi connectivity index (χ2v) is 8.89. The molecule has 5 nitrogen and oxygen atoms in total. The molecule has 2 saturated carbocycles. The summed E-state index contributed by atoms with van der Waals surface area (Å²) in [5, 5.41) is 4.16. The average Bonchev–Trinajstić information content (AvgIpc) is 3.23. The summed E-state index contributed by atoms with van der Waals surface area (Å²) in [6.07, 6.45) is 5.92. The van der Waals surface area contributed by atoms with Crippen molar-refractivity contribution < 1.29 is 13.9 Å². The first kappa shape index (κ1) is 20.2. The number of halogens is 2. The van der Waals surface area contributed by atoms with E-state index in [2.05, 4.69) is 22.2 Å². The third-order valence-corrected chi connectivity index (χ3v) is 6.87. The third kappa shape index (κ3) is 3.97. The number of hydrogen-bond donors (Lipinski definition) is 1. The second-order valence-electron chi connectivity index (χ2n) is 8.45. The van der Waals surface area contributed by atoms with Gasteiger partial charge in [-0.05, 0) is 73.4 Å². The summed E-state index contributed by atoms with van der Waals surface area (Å²) in [6, 6.07) is 9.77. The molecule has 2 aliphatic rings. The molecule has 0 aliphatic heterocycles. The van der Waals surface area contributed by atoms with Gasteiger partial charge in [0.15, 0.2) is 0 Å². The highest BCUT2D eigenvalue weighted by molar-refractivity contribution is 6.30. The number of carbonyl (C=O) groups is 1. The number of fused-ring (bicyclic) bond motifs is 2. The van der Waals surface area contributed by atoms with Gasteiger partial charge in [0.2, 0.25) is 5.91 Å². The minimum Gasteiger partial charge on any atom is -0.490 e. The van der Waals surface area contributed by atoms with Crippen LogP contribution >= 0.6 is 11.6 Å². The number of aromatic nitrogens is 2. The highest BCUT2D eigenvalue weighted by Gasteiger charge is 2.60. The molecule has 3 aromatic rings. The van der Waals surface area contributed by atoms with Crippen molar-refractivity contribution >= 4 is 34.2 Å². The standard InChI is InChI=1S/C24H23ClFN3O2/c1-2-16(24(30)29-22-6-3-13(25)12-28-22)23-17-10-15(11-18(17)23)31-21-7-8-27-20-5-4-14(26)9-19(20)21/h3-9,12,15-18,23H,2,10-11H2,1H3,(H,28,29,30)/t15?,16?,17-,18+,23?. The Kier molecular flexibility index (Phi) is 5.26. The van der Waals surface area contributed by atoms with Gasteiger partial charge in [0.05, 0.1) is 16.6 Å². The van der Waals surface area contributed by atoms with Crippen LogP contribution < -0.4 is 10.1 Å². The van der Waals surface area contributed by atoms with Crippen LogP contribution in [-0.4, -0.2) is 22.0 Å². The van der Waals surface area contributed by atoms with Gasteiger partial charge >= 0.3 is 0 Å². The van der Waals surface area contributed by atoms with Crippen molar-refractivity contribution in [2.75, 3.05) is 5.32 Å². The zero-order chi connectivity index (χ0) is 21.5. The number of nitrogens with one attached hydrogen (secondary N) is 1. The van der Waals surface area contributed by atoms with Crippen molar-refractivity contribution in [2.24, 2.45) is 23.7 Å². The second kappa shape index (κ2) is 8.08. The fraction of sp³-hybridized carbons (Fsp3) is 0.375. The summed E-state index contributed by atoms with van der Waals surface area (Å²) in [4.78, 5) is 21.3. The molecule has 1 aromatic carbocycles. The summed E-state index contributed by atoms with van der Waals surface area (Å²) < 4.78 is 19.9. The van der Waals surface area contributed by atoms with E-state index in [9.17, 15) is 9.18 Å². The Morgan fingerprint density at radius 2 is 2.03 bits per heavy atom. The molecule has 0 spiro atoms. The van der Waals surface area contributed by atoms with Gasteiger partial charge in [0.25, 0.3) is 0 Å². The first-order valence-electron chi connectivity index (χ1n) is 10.7. The average molecular weight is 440 g/mol. The molecule has 160 valence electrons. The Hall–Kier alpha value is -2.73. The van der Waals surface area contributed by atoms with E-state index in [1.54, 1.807) is 30.5 Å². The maximum atomic E-state index is 13.7. The molecule has 5 rings (SSSR count). The summed E-state index contributed by atoms with van der Waals surface area (Å²) in [6.45, 7) is 2.05. The minimum atomic E-state index is -0.299. The predicted molar refractivity (Wildman–Crippen MR) is 117 cm³/mol. The van der Waals surface area contributed by atoms with Crippen LogP contribution in [0.25, 0.3) is 10.9 Å². The van der Waals surface area contributed by atoms with Crippen LogP contribution in [0.5, 0.6) is 5.75 Å². The van der Waals surface area contributed by atoms with Gasteiger partial charge in [-0.25, -0.2) is 9.37 Å². The normalized spacial score (nSPS) is 25.1. The molecule has 2 aromatic heterocycles. The number of benzene rings is 1. The molecule has 0 bridgehead atoms. The molecule has 2 fully saturated rings. The Labute approximate surface area is 185 Å². The Morgan fingerprint density at radius 3 is 2.74 bits per heavy atom. The van der Waals surface area contributed by atoms with Crippen molar-refractivity contribution in [2.45, 2.75) is 32.3 Å². The van der Waals surface area contributed by atoms with Crippen molar-refractivity contribution in [3.63, 3.8) is 0 Å². The largest absolute Gasteiger partial charge is 0.490 e. The molecule has 2 heterocycles. The smallest absolute Gasteiger partial charge is 0.228 e. The predicted octanol–water partition coefficient (Wildman–Crippen LogP) is 5.49. The van der Waals surface area contributed by atoms with Crippen molar-refractivity contribution in [1.29, 1.82) is 0 Å². The van der Waals surface area contributed by atoms with Crippen LogP contribution in [0.2, 0.25) is 5.02 Å². The van der Waals surface area contributed by atoms with Gasteiger partial charge < -0.3 is 10.1 Å². The fourth-order valence-corrected chi connectivity index (χ4v) is 5.32. The third-order valence-electron chi connectivity index (χ3n) is 6.65. The SMILES string of the molecule is CCC(C(=O)Nc1ccc(Cl)cn1)C1[C@H]2CC(Oc3ccnc4ccc(F)cc34)C[C@@H]12. The molecular formula is C24H23ClFN3O2. The number of pyridine rings is 2. The number of carbonyl (C=O) groups excluding carboxylic acids is 1. The zero-order valence-corrected chi connectivity index (χ0v) is 17.8. The van der Waals surface area contributed by atoms with Crippen LogP contribution in [-0.2, 0) is 4.79 Å². The van der Waals surface area contributed by atoms with Crippen molar-refractivity contribution in [3.05, 3.63) is 59.6 Å². The van der Waals surface area contributed by atoms with Gasteiger partial charge in [-0.15, -0.1) is 0 Å². The monoisotopic (exact) mass is 439 g/mol. The lowest BCUT2D eigenvalue weighted by Gasteiger charge is -2.21. The number of anilines is 1. The summed E-state index contributed by atoms with van der Waals surface area (Å²) in [7, 11) is 0. The summed E-state index contributed by atoms with van der Waals surface area (Å²) >= 11 is 5.87. The Bertz CT molecular complexity index is 1110. The van der Waals surface area contributed by atoms with E-state index in [4.69, 9.17) is 16.3 Å². The van der Waals surface area contributed by atoms with E-state index in [0.29, 0.717) is 39.7 Å². The van der Waals surface area contributed by atoms with Gasteiger partial charge in [-0.3, -0.25) is 9.78 Å². The minimum absolute atomic E-state index is 0.0183. The first-order chi connectivity index (χ1) is 15.0. The maximum absolute atomic E-state index is 13.7. The van der Waals surface area contributed by atoms with Crippen molar-refractivity contribution in [3.8, 4) is 5.75 Å². The van der Waals surface area contributed by atoms with E-state index in [1.807, 2.05) is 0 Å². The van der Waals surface area contributed by atoms with E-state index >= 15 is 0 Å². The number of nitrogens with zero attached hydrogens (tertiary/aromatic N) is 2. The van der Waals surface area contributed by atoms with E-state index in [1.165, 1.54) is 18.3 Å². The summed E-state index contributed by atoms with van der Waals surface area (Å²) in [5.41, 5.74) is 0.721. The van der Waals surface area contributed by atoms with Crippen LogP contribution in [0.4, 0.5) is 10.2 Å². The van der Waals surface area contributed by atoms with E-state index < -0.39 is 0 Å². The number of rotatable bonds is 6.